The quantitative estimate of drug-likeness (QED) is 0.814. The van der Waals surface area contributed by atoms with Gasteiger partial charge in [0.05, 0.1) is 18.1 Å². The van der Waals surface area contributed by atoms with Crippen LogP contribution in [-0.2, 0) is 6.54 Å². The van der Waals surface area contributed by atoms with Crippen LogP contribution in [0.3, 0.4) is 0 Å². The van der Waals surface area contributed by atoms with E-state index >= 15 is 0 Å². The van der Waals surface area contributed by atoms with Crippen molar-refractivity contribution in [1.82, 2.24) is 15.3 Å². The topological polar surface area (TPSA) is 47.0 Å². The monoisotopic (exact) mass is 335 g/mol. The Bertz CT molecular complexity index is 558. The van der Waals surface area contributed by atoms with Gasteiger partial charge in [-0.05, 0) is 37.6 Å². The maximum Gasteiger partial charge on any atom is 0.237 e. The van der Waals surface area contributed by atoms with Gasteiger partial charge in [0.1, 0.15) is 5.75 Å². The lowest BCUT2D eigenvalue weighted by molar-refractivity contribution is 0.455. The fourth-order valence-corrected chi connectivity index (χ4v) is 2.02. The number of aromatic nitrogens is 2. The standard InChI is InChI=1S/C15H18BrN3O/c1-3-6-17-8-13-9-19-15(10-18-13)20-14-7-12(16)5-4-11(14)2/h4-5,7,9-10,17H,3,6,8H2,1-2H3. The molecule has 0 saturated carbocycles. The van der Waals surface area contributed by atoms with Gasteiger partial charge in [0.2, 0.25) is 5.88 Å². The van der Waals surface area contributed by atoms with Gasteiger partial charge in [0.15, 0.2) is 0 Å². The van der Waals surface area contributed by atoms with E-state index in [0.717, 1.165) is 41.0 Å². The van der Waals surface area contributed by atoms with E-state index in [2.05, 4.69) is 38.1 Å². The smallest absolute Gasteiger partial charge is 0.237 e. The molecule has 0 atom stereocenters. The number of aryl methyl sites for hydroxylation is 1. The summed E-state index contributed by atoms with van der Waals surface area (Å²) in [7, 11) is 0. The zero-order valence-electron chi connectivity index (χ0n) is 11.7. The van der Waals surface area contributed by atoms with Crippen LogP contribution in [-0.4, -0.2) is 16.5 Å². The Morgan fingerprint density at radius 1 is 1.25 bits per heavy atom. The molecule has 1 aromatic carbocycles. The van der Waals surface area contributed by atoms with Crippen molar-refractivity contribution in [2.24, 2.45) is 0 Å². The summed E-state index contributed by atoms with van der Waals surface area (Å²) in [6, 6.07) is 5.90. The summed E-state index contributed by atoms with van der Waals surface area (Å²) in [5.41, 5.74) is 1.97. The summed E-state index contributed by atoms with van der Waals surface area (Å²) in [6.07, 6.45) is 4.51. The summed E-state index contributed by atoms with van der Waals surface area (Å²) in [5.74, 6) is 1.29. The average Bonchev–Trinajstić information content (AvgIpc) is 2.45. The first-order valence-corrected chi connectivity index (χ1v) is 7.44. The van der Waals surface area contributed by atoms with E-state index in [9.17, 15) is 0 Å². The van der Waals surface area contributed by atoms with Crippen molar-refractivity contribution in [2.45, 2.75) is 26.8 Å². The van der Waals surface area contributed by atoms with Crippen LogP contribution in [0.25, 0.3) is 0 Å². The molecule has 0 fully saturated rings. The molecule has 2 aromatic rings. The Balaban J connectivity index is 2.01. The Labute approximate surface area is 127 Å². The third kappa shape index (κ3) is 4.28. The zero-order valence-corrected chi connectivity index (χ0v) is 13.3. The molecule has 0 bridgehead atoms. The first kappa shape index (κ1) is 14.9. The fraction of sp³-hybridized carbons (Fsp3) is 0.333. The highest BCUT2D eigenvalue weighted by molar-refractivity contribution is 9.10. The number of halogens is 1. The van der Waals surface area contributed by atoms with Gasteiger partial charge < -0.3 is 10.1 Å². The van der Waals surface area contributed by atoms with E-state index in [1.807, 2.05) is 25.1 Å². The first-order chi connectivity index (χ1) is 9.69. The third-order valence-corrected chi connectivity index (χ3v) is 3.27. The summed E-state index contributed by atoms with van der Waals surface area (Å²) < 4.78 is 6.72. The predicted octanol–water partition coefficient (Wildman–Crippen LogP) is 3.84. The number of rotatable bonds is 6. The molecular formula is C15H18BrN3O. The van der Waals surface area contributed by atoms with Crippen molar-refractivity contribution in [3.63, 3.8) is 0 Å². The van der Waals surface area contributed by atoms with E-state index in [1.54, 1.807) is 12.4 Å². The maximum absolute atomic E-state index is 5.75. The molecule has 0 aliphatic carbocycles. The van der Waals surface area contributed by atoms with Gasteiger partial charge >= 0.3 is 0 Å². The Morgan fingerprint density at radius 3 is 2.80 bits per heavy atom. The first-order valence-electron chi connectivity index (χ1n) is 6.64. The molecule has 0 spiro atoms. The minimum Gasteiger partial charge on any atom is -0.437 e. The second kappa shape index (κ2) is 7.36. The summed E-state index contributed by atoms with van der Waals surface area (Å²) in [4.78, 5) is 8.62. The van der Waals surface area contributed by atoms with Gasteiger partial charge in [-0.3, -0.25) is 4.98 Å². The van der Waals surface area contributed by atoms with Crippen LogP contribution in [0.2, 0.25) is 0 Å². The second-order valence-electron chi connectivity index (χ2n) is 4.53. The normalized spacial score (nSPS) is 10.6. The van der Waals surface area contributed by atoms with E-state index in [4.69, 9.17) is 4.74 Å². The highest BCUT2D eigenvalue weighted by atomic mass is 79.9. The van der Waals surface area contributed by atoms with E-state index in [1.165, 1.54) is 0 Å². The van der Waals surface area contributed by atoms with Crippen LogP contribution < -0.4 is 10.1 Å². The van der Waals surface area contributed by atoms with Crippen LogP contribution in [0.15, 0.2) is 35.1 Å². The number of nitrogens with zero attached hydrogens (tertiary/aromatic N) is 2. The molecule has 0 aliphatic rings. The van der Waals surface area contributed by atoms with Gasteiger partial charge in [0, 0.05) is 11.0 Å². The molecule has 5 heteroatoms. The number of hydrogen-bond acceptors (Lipinski definition) is 4. The van der Waals surface area contributed by atoms with Crippen LogP contribution in [0.1, 0.15) is 24.6 Å². The third-order valence-electron chi connectivity index (χ3n) is 2.78. The highest BCUT2D eigenvalue weighted by Crippen LogP contribution is 2.26. The molecule has 20 heavy (non-hydrogen) atoms. The number of ether oxygens (including phenoxy) is 1. The van der Waals surface area contributed by atoms with Gasteiger partial charge in [-0.2, -0.15) is 0 Å². The van der Waals surface area contributed by atoms with E-state index < -0.39 is 0 Å². The molecule has 0 saturated heterocycles. The van der Waals surface area contributed by atoms with Crippen molar-refractivity contribution in [3.8, 4) is 11.6 Å². The predicted molar refractivity (Wildman–Crippen MR) is 83.0 cm³/mol. The molecule has 1 heterocycles. The van der Waals surface area contributed by atoms with E-state index in [0.29, 0.717) is 5.88 Å². The fourth-order valence-electron chi connectivity index (χ4n) is 1.68. The SMILES string of the molecule is CCCNCc1cnc(Oc2cc(Br)ccc2C)cn1. The van der Waals surface area contributed by atoms with Crippen LogP contribution in [0.4, 0.5) is 0 Å². The Kier molecular flexibility index (Phi) is 5.49. The molecule has 0 radical (unpaired) electrons. The number of benzene rings is 1. The highest BCUT2D eigenvalue weighted by Gasteiger charge is 2.04. The molecule has 0 unspecified atom stereocenters. The molecule has 2 rings (SSSR count). The van der Waals surface area contributed by atoms with Gasteiger partial charge in [-0.25, -0.2) is 4.98 Å². The summed E-state index contributed by atoms with van der Waals surface area (Å²) in [6.45, 7) is 5.85. The molecule has 1 aromatic heterocycles. The molecule has 106 valence electrons. The Hall–Kier alpha value is -1.46. The largest absolute Gasteiger partial charge is 0.437 e. The van der Waals surface area contributed by atoms with Crippen LogP contribution in [0, 0.1) is 6.92 Å². The minimum absolute atomic E-state index is 0.505. The van der Waals surface area contributed by atoms with Gasteiger partial charge in [0.25, 0.3) is 0 Å². The van der Waals surface area contributed by atoms with Crippen molar-refractivity contribution in [2.75, 3.05) is 6.54 Å². The second-order valence-corrected chi connectivity index (χ2v) is 5.45. The van der Waals surface area contributed by atoms with E-state index in [-0.39, 0.29) is 0 Å². The zero-order chi connectivity index (χ0) is 14.4. The van der Waals surface area contributed by atoms with Gasteiger partial charge in [-0.1, -0.05) is 28.9 Å². The van der Waals surface area contributed by atoms with Crippen molar-refractivity contribution >= 4 is 15.9 Å². The summed E-state index contributed by atoms with van der Waals surface area (Å²) in [5, 5.41) is 3.29. The lowest BCUT2D eigenvalue weighted by Crippen LogP contribution is -2.14. The van der Waals surface area contributed by atoms with Crippen molar-refractivity contribution < 1.29 is 4.74 Å². The average molecular weight is 336 g/mol. The maximum atomic E-state index is 5.75. The van der Waals surface area contributed by atoms with Crippen LogP contribution >= 0.6 is 15.9 Å². The molecule has 1 N–H and O–H groups in total. The van der Waals surface area contributed by atoms with Crippen molar-refractivity contribution in [1.29, 1.82) is 0 Å². The minimum atomic E-state index is 0.505. The molecule has 0 amide bonds. The Morgan fingerprint density at radius 2 is 2.10 bits per heavy atom. The molecular weight excluding hydrogens is 318 g/mol. The van der Waals surface area contributed by atoms with Crippen molar-refractivity contribution in [3.05, 3.63) is 46.3 Å². The number of hydrogen-bond donors (Lipinski definition) is 1. The summed E-state index contributed by atoms with van der Waals surface area (Å²) >= 11 is 3.43. The van der Waals surface area contributed by atoms with Crippen LogP contribution in [0.5, 0.6) is 11.6 Å². The number of nitrogens with one attached hydrogen (secondary N) is 1. The molecule has 4 nitrogen and oxygen atoms in total. The lowest BCUT2D eigenvalue weighted by atomic mass is 10.2. The lowest BCUT2D eigenvalue weighted by Gasteiger charge is -2.08. The molecule has 0 aliphatic heterocycles. The van der Waals surface area contributed by atoms with Gasteiger partial charge in [-0.15, -0.1) is 0 Å².